The second-order valence-electron chi connectivity index (χ2n) is 5.99. The SMILES string of the molecule is CCCNCC1(OC2COC2)CCC(CC)CC1. The van der Waals surface area contributed by atoms with Crippen molar-refractivity contribution in [2.24, 2.45) is 5.92 Å². The Morgan fingerprint density at radius 3 is 2.44 bits per heavy atom. The predicted octanol–water partition coefficient (Wildman–Crippen LogP) is 2.74. The summed E-state index contributed by atoms with van der Waals surface area (Å²) < 4.78 is 11.6. The van der Waals surface area contributed by atoms with Crippen molar-refractivity contribution in [3.8, 4) is 0 Å². The van der Waals surface area contributed by atoms with Crippen LogP contribution < -0.4 is 5.32 Å². The highest BCUT2D eigenvalue weighted by Gasteiger charge is 2.39. The van der Waals surface area contributed by atoms with E-state index in [0.29, 0.717) is 6.10 Å². The maximum absolute atomic E-state index is 6.37. The molecule has 0 atom stereocenters. The molecule has 1 N–H and O–H groups in total. The van der Waals surface area contributed by atoms with Gasteiger partial charge in [0.15, 0.2) is 0 Å². The number of hydrogen-bond donors (Lipinski definition) is 1. The average molecular weight is 255 g/mol. The van der Waals surface area contributed by atoms with Crippen LogP contribution in [0.15, 0.2) is 0 Å². The zero-order valence-corrected chi connectivity index (χ0v) is 12.0. The quantitative estimate of drug-likeness (QED) is 0.710. The zero-order chi connectivity index (χ0) is 12.8. The van der Waals surface area contributed by atoms with E-state index in [-0.39, 0.29) is 5.60 Å². The highest BCUT2D eigenvalue weighted by Crippen LogP contribution is 2.37. The summed E-state index contributed by atoms with van der Waals surface area (Å²) in [5, 5.41) is 3.57. The zero-order valence-electron chi connectivity index (χ0n) is 12.0. The summed E-state index contributed by atoms with van der Waals surface area (Å²) in [5.74, 6) is 0.922. The Labute approximate surface area is 112 Å². The van der Waals surface area contributed by atoms with Crippen molar-refractivity contribution in [3.05, 3.63) is 0 Å². The van der Waals surface area contributed by atoms with Gasteiger partial charge in [0.25, 0.3) is 0 Å². The van der Waals surface area contributed by atoms with Gasteiger partial charge in [-0.25, -0.2) is 0 Å². The minimum absolute atomic E-state index is 0.0925. The van der Waals surface area contributed by atoms with Crippen molar-refractivity contribution < 1.29 is 9.47 Å². The molecular formula is C15H29NO2. The van der Waals surface area contributed by atoms with Gasteiger partial charge in [0.05, 0.1) is 18.8 Å². The Bertz CT molecular complexity index is 227. The summed E-state index contributed by atoms with van der Waals surface area (Å²) in [6.07, 6.45) is 7.98. The second kappa shape index (κ2) is 6.88. The van der Waals surface area contributed by atoms with Gasteiger partial charge in [-0.15, -0.1) is 0 Å². The molecule has 3 heteroatoms. The molecule has 1 saturated heterocycles. The lowest BCUT2D eigenvalue weighted by molar-refractivity contribution is -0.202. The standard InChI is InChI=1S/C15H29NO2/c1-3-9-16-12-15(18-14-10-17-11-14)7-5-13(4-2)6-8-15/h13-14,16H,3-12H2,1-2H3. The highest BCUT2D eigenvalue weighted by atomic mass is 16.6. The lowest BCUT2D eigenvalue weighted by Crippen LogP contribution is -2.52. The van der Waals surface area contributed by atoms with Crippen LogP contribution in [0.1, 0.15) is 52.4 Å². The summed E-state index contributed by atoms with van der Waals surface area (Å²) in [7, 11) is 0. The van der Waals surface area contributed by atoms with E-state index in [9.17, 15) is 0 Å². The van der Waals surface area contributed by atoms with Gasteiger partial charge in [-0.05, 0) is 44.6 Å². The Morgan fingerprint density at radius 2 is 1.94 bits per heavy atom. The minimum atomic E-state index is 0.0925. The number of ether oxygens (including phenoxy) is 2. The molecule has 3 nitrogen and oxygen atoms in total. The third-order valence-corrected chi connectivity index (χ3v) is 4.49. The first-order valence-electron chi connectivity index (χ1n) is 7.74. The molecule has 0 aromatic heterocycles. The Morgan fingerprint density at radius 1 is 1.22 bits per heavy atom. The molecule has 0 bridgehead atoms. The van der Waals surface area contributed by atoms with Crippen LogP contribution in [0.25, 0.3) is 0 Å². The first kappa shape index (κ1) is 14.3. The fourth-order valence-electron chi connectivity index (χ4n) is 3.08. The average Bonchev–Trinajstić information content (AvgIpc) is 2.36. The predicted molar refractivity (Wildman–Crippen MR) is 73.8 cm³/mol. The molecule has 0 aromatic carbocycles. The molecule has 18 heavy (non-hydrogen) atoms. The molecule has 1 saturated carbocycles. The van der Waals surface area contributed by atoms with E-state index in [4.69, 9.17) is 9.47 Å². The Balaban J connectivity index is 1.85. The van der Waals surface area contributed by atoms with Crippen LogP contribution in [0, 0.1) is 5.92 Å². The van der Waals surface area contributed by atoms with Crippen molar-refractivity contribution in [2.75, 3.05) is 26.3 Å². The maximum atomic E-state index is 6.37. The highest BCUT2D eigenvalue weighted by molar-refractivity contribution is 4.91. The first-order chi connectivity index (χ1) is 8.78. The molecule has 0 radical (unpaired) electrons. The number of rotatable bonds is 7. The van der Waals surface area contributed by atoms with Gasteiger partial charge in [-0.1, -0.05) is 20.3 Å². The molecule has 0 amide bonds. The van der Waals surface area contributed by atoms with Crippen molar-refractivity contribution in [2.45, 2.75) is 64.1 Å². The molecular weight excluding hydrogens is 226 g/mol. The molecule has 2 aliphatic rings. The Kier molecular flexibility index (Phi) is 5.46. The largest absolute Gasteiger partial charge is 0.376 e. The lowest BCUT2D eigenvalue weighted by atomic mass is 9.77. The van der Waals surface area contributed by atoms with Crippen LogP contribution in [0.5, 0.6) is 0 Å². The molecule has 2 fully saturated rings. The van der Waals surface area contributed by atoms with Crippen LogP contribution in [0.2, 0.25) is 0 Å². The maximum Gasteiger partial charge on any atom is 0.105 e. The van der Waals surface area contributed by atoms with E-state index >= 15 is 0 Å². The Hall–Kier alpha value is -0.120. The fourth-order valence-corrected chi connectivity index (χ4v) is 3.08. The van der Waals surface area contributed by atoms with Crippen molar-refractivity contribution in [1.29, 1.82) is 0 Å². The number of hydrogen-bond acceptors (Lipinski definition) is 3. The normalized spacial score (nSPS) is 33.3. The molecule has 0 aromatic rings. The molecule has 0 unspecified atom stereocenters. The van der Waals surface area contributed by atoms with Gasteiger partial charge in [0.2, 0.25) is 0 Å². The summed E-state index contributed by atoms with van der Waals surface area (Å²) in [6.45, 7) is 8.25. The fraction of sp³-hybridized carbons (Fsp3) is 1.00. The molecule has 1 aliphatic carbocycles. The van der Waals surface area contributed by atoms with E-state index in [1.54, 1.807) is 0 Å². The summed E-state index contributed by atoms with van der Waals surface area (Å²) in [4.78, 5) is 0. The molecule has 1 aliphatic heterocycles. The van der Waals surface area contributed by atoms with Crippen molar-refractivity contribution in [3.63, 3.8) is 0 Å². The van der Waals surface area contributed by atoms with Crippen LogP contribution in [-0.4, -0.2) is 38.0 Å². The van der Waals surface area contributed by atoms with Crippen molar-refractivity contribution in [1.82, 2.24) is 5.32 Å². The van der Waals surface area contributed by atoms with E-state index in [1.165, 1.54) is 38.5 Å². The van der Waals surface area contributed by atoms with Gasteiger partial charge >= 0.3 is 0 Å². The van der Waals surface area contributed by atoms with Crippen LogP contribution in [0.3, 0.4) is 0 Å². The molecule has 1 heterocycles. The second-order valence-corrected chi connectivity index (χ2v) is 5.99. The third-order valence-electron chi connectivity index (χ3n) is 4.49. The summed E-state index contributed by atoms with van der Waals surface area (Å²) >= 11 is 0. The van der Waals surface area contributed by atoms with Crippen molar-refractivity contribution >= 4 is 0 Å². The van der Waals surface area contributed by atoms with Crippen LogP contribution >= 0.6 is 0 Å². The van der Waals surface area contributed by atoms with E-state index in [1.807, 2.05) is 0 Å². The van der Waals surface area contributed by atoms with Gasteiger partial charge in [-0.2, -0.15) is 0 Å². The van der Waals surface area contributed by atoms with Gasteiger partial charge in [0.1, 0.15) is 6.10 Å². The molecule has 2 rings (SSSR count). The smallest absolute Gasteiger partial charge is 0.105 e. The minimum Gasteiger partial charge on any atom is -0.376 e. The van der Waals surface area contributed by atoms with E-state index in [0.717, 1.165) is 32.2 Å². The lowest BCUT2D eigenvalue weighted by Gasteiger charge is -2.44. The monoisotopic (exact) mass is 255 g/mol. The van der Waals surface area contributed by atoms with Gasteiger partial charge in [-0.3, -0.25) is 0 Å². The van der Waals surface area contributed by atoms with Gasteiger partial charge in [0, 0.05) is 6.54 Å². The van der Waals surface area contributed by atoms with E-state index in [2.05, 4.69) is 19.2 Å². The third kappa shape index (κ3) is 3.69. The number of nitrogens with one attached hydrogen (secondary N) is 1. The summed E-state index contributed by atoms with van der Waals surface area (Å²) in [6, 6.07) is 0. The summed E-state index contributed by atoms with van der Waals surface area (Å²) in [5.41, 5.74) is 0.0925. The first-order valence-corrected chi connectivity index (χ1v) is 7.74. The topological polar surface area (TPSA) is 30.5 Å². The van der Waals surface area contributed by atoms with Crippen LogP contribution in [-0.2, 0) is 9.47 Å². The van der Waals surface area contributed by atoms with Gasteiger partial charge < -0.3 is 14.8 Å². The van der Waals surface area contributed by atoms with Crippen LogP contribution in [0.4, 0.5) is 0 Å². The van der Waals surface area contributed by atoms with E-state index < -0.39 is 0 Å². The molecule has 106 valence electrons. The molecule has 0 spiro atoms.